The topological polar surface area (TPSA) is 38.1 Å². The number of hydrogen-bond donors (Lipinski definition) is 0. The summed E-state index contributed by atoms with van der Waals surface area (Å²) in [5.41, 5.74) is 4.86. The zero-order valence-corrected chi connectivity index (χ0v) is 16.2. The molecule has 1 aromatic heterocycles. The smallest absolute Gasteiger partial charge is 0.258 e. The maximum Gasteiger partial charge on any atom is 0.258 e. The van der Waals surface area contributed by atoms with Crippen molar-refractivity contribution < 1.29 is 4.79 Å². The molecule has 25 heavy (non-hydrogen) atoms. The number of carbonyl (C=O) groups excluding carboxylic acids is 1. The summed E-state index contributed by atoms with van der Waals surface area (Å²) in [6, 6.07) is 12.1. The fourth-order valence-corrected chi connectivity index (χ4v) is 4.16. The van der Waals surface area contributed by atoms with Crippen LogP contribution in [0.1, 0.15) is 35.6 Å². The third-order valence-electron chi connectivity index (χ3n) is 5.01. The van der Waals surface area contributed by atoms with E-state index in [2.05, 4.69) is 45.4 Å². The fourth-order valence-electron chi connectivity index (χ4n) is 3.75. The Morgan fingerprint density at radius 2 is 2.08 bits per heavy atom. The standard InChI is InChI=1S/C20H20BrN3O/c1-4-19-22-16-11-13(5-7-18(16)23(19)3)20(25)24-12(2)9-14-10-15(21)6-8-17(14)24/h5-8,10-12H,4,9H2,1-3H3/t12-/m0/s1. The summed E-state index contributed by atoms with van der Waals surface area (Å²) in [6.45, 7) is 4.19. The quantitative estimate of drug-likeness (QED) is 0.638. The van der Waals surface area contributed by atoms with E-state index in [0.717, 1.165) is 39.9 Å². The van der Waals surface area contributed by atoms with Crippen LogP contribution in [0.15, 0.2) is 40.9 Å². The van der Waals surface area contributed by atoms with Gasteiger partial charge in [0, 0.05) is 35.2 Å². The van der Waals surface area contributed by atoms with E-state index >= 15 is 0 Å². The Bertz CT molecular complexity index is 992. The van der Waals surface area contributed by atoms with Crippen molar-refractivity contribution in [3.8, 4) is 0 Å². The van der Waals surface area contributed by atoms with Gasteiger partial charge in [-0.05, 0) is 55.3 Å². The lowest BCUT2D eigenvalue weighted by atomic mass is 10.1. The fraction of sp³-hybridized carbons (Fsp3) is 0.300. The molecule has 0 saturated heterocycles. The van der Waals surface area contributed by atoms with E-state index in [1.807, 2.05) is 42.3 Å². The van der Waals surface area contributed by atoms with Crippen molar-refractivity contribution in [2.75, 3.05) is 4.90 Å². The largest absolute Gasteiger partial charge is 0.331 e. The van der Waals surface area contributed by atoms with E-state index in [-0.39, 0.29) is 11.9 Å². The molecule has 0 unspecified atom stereocenters. The molecule has 0 radical (unpaired) electrons. The van der Waals surface area contributed by atoms with Crippen molar-refractivity contribution in [1.29, 1.82) is 0 Å². The lowest BCUT2D eigenvalue weighted by molar-refractivity contribution is 0.0981. The van der Waals surface area contributed by atoms with Gasteiger partial charge in [-0.15, -0.1) is 0 Å². The molecule has 5 heteroatoms. The predicted molar refractivity (Wildman–Crippen MR) is 104 cm³/mol. The van der Waals surface area contributed by atoms with E-state index in [1.54, 1.807) is 0 Å². The van der Waals surface area contributed by atoms with Gasteiger partial charge in [0.15, 0.2) is 0 Å². The Morgan fingerprint density at radius 3 is 2.84 bits per heavy atom. The molecule has 0 spiro atoms. The molecule has 0 bridgehead atoms. The molecule has 3 aromatic rings. The number of imidazole rings is 1. The van der Waals surface area contributed by atoms with Gasteiger partial charge in [-0.25, -0.2) is 4.98 Å². The van der Waals surface area contributed by atoms with Gasteiger partial charge in [0.1, 0.15) is 5.82 Å². The molecule has 4 nitrogen and oxygen atoms in total. The van der Waals surface area contributed by atoms with Crippen molar-refractivity contribution in [2.45, 2.75) is 32.7 Å². The van der Waals surface area contributed by atoms with Gasteiger partial charge in [-0.2, -0.15) is 0 Å². The third-order valence-corrected chi connectivity index (χ3v) is 5.51. The number of nitrogens with zero attached hydrogens (tertiary/aromatic N) is 3. The zero-order chi connectivity index (χ0) is 17.7. The molecule has 1 aliphatic heterocycles. The van der Waals surface area contributed by atoms with Crippen molar-refractivity contribution in [3.05, 3.63) is 57.8 Å². The Morgan fingerprint density at radius 1 is 1.28 bits per heavy atom. The minimum absolute atomic E-state index is 0.0409. The van der Waals surface area contributed by atoms with E-state index in [1.165, 1.54) is 5.56 Å². The number of benzene rings is 2. The highest BCUT2D eigenvalue weighted by atomic mass is 79.9. The number of rotatable bonds is 2. The normalized spacial score (nSPS) is 16.5. The first-order valence-corrected chi connectivity index (χ1v) is 9.36. The third kappa shape index (κ3) is 2.58. The molecule has 0 aliphatic carbocycles. The Labute approximate surface area is 155 Å². The SMILES string of the molecule is CCc1nc2cc(C(=O)N3c4ccc(Br)cc4C[C@@H]3C)ccc2n1C. The van der Waals surface area contributed by atoms with Crippen LogP contribution in [0.2, 0.25) is 0 Å². The molecule has 1 atom stereocenters. The molecule has 1 aliphatic rings. The van der Waals surface area contributed by atoms with Gasteiger partial charge in [0.05, 0.1) is 11.0 Å². The number of carbonyl (C=O) groups is 1. The van der Waals surface area contributed by atoms with Crippen LogP contribution in [-0.4, -0.2) is 21.5 Å². The highest BCUT2D eigenvalue weighted by Crippen LogP contribution is 2.35. The average Bonchev–Trinajstić information content (AvgIpc) is 3.09. The van der Waals surface area contributed by atoms with Crippen LogP contribution in [0.25, 0.3) is 11.0 Å². The minimum atomic E-state index is 0.0409. The van der Waals surface area contributed by atoms with Gasteiger partial charge in [0.2, 0.25) is 0 Å². The van der Waals surface area contributed by atoms with E-state index in [4.69, 9.17) is 0 Å². The van der Waals surface area contributed by atoms with Crippen LogP contribution < -0.4 is 4.90 Å². The van der Waals surface area contributed by atoms with Crippen molar-refractivity contribution in [3.63, 3.8) is 0 Å². The minimum Gasteiger partial charge on any atom is -0.331 e. The van der Waals surface area contributed by atoms with Gasteiger partial charge >= 0.3 is 0 Å². The number of anilines is 1. The highest BCUT2D eigenvalue weighted by molar-refractivity contribution is 9.10. The number of amides is 1. The first kappa shape index (κ1) is 16.3. The number of aromatic nitrogens is 2. The second-order valence-electron chi connectivity index (χ2n) is 6.65. The average molecular weight is 398 g/mol. The van der Waals surface area contributed by atoms with Crippen molar-refractivity contribution in [2.24, 2.45) is 7.05 Å². The number of halogens is 1. The highest BCUT2D eigenvalue weighted by Gasteiger charge is 2.31. The molecule has 2 heterocycles. The number of fused-ring (bicyclic) bond motifs is 2. The van der Waals surface area contributed by atoms with Gasteiger partial charge in [0.25, 0.3) is 5.91 Å². The maximum atomic E-state index is 13.2. The first-order chi connectivity index (χ1) is 12.0. The molecule has 0 fully saturated rings. The van der Waals surface area contributed by atoms with Crippen LogP contribution in [0.5, 0.6) is 0 Å². The summed E-state index contributed by atoms with van der Waals surface area (Å²) >= 11 is 3.52. The monoisotopic (exact) mass is 397 g/mol. The summed E-state index contributed by atoms with van der Waals surface area (Å²) in [5, 5.41) is 0. The lowest BCUT2D eigenvalue weighted by Crippen LogP contribution is -2.35. The first-order valence-electron chi connectivity index (χ1n) is 8.57. The molecule has 1 amide bonds. The zero-order valence-electron chi connectivity index (χ0n) is 14.6. The van der Waals surface area contributed by atoms with E-state index in [9.17, 15) is 4.79 Å². The van der Waals surface area contributed by atoms with Gasteiger partial charge < -0.3 is 9.47 Å². The summed E-state index contributed by atoms with van der Waals surface area (Å²) in [6.07, 6.45) is 1.76. The van der Waals surface area contributed by atoms with Crippen LogP contribution >= 0.6 is 15.9 Å². The second-order valence-corrected chi connectivity index (χ2v) is 7.56. The maximum absolute atomic E-state index is 13.2. The van der Waals surface area contributed by atoms with E-state index in [0.29, 0.717) is 5.56 Å². The van der Waals surface area contributed by atoms with Crippen LogP contribution in [-0.2, 0) is 19.9 Å². The molecule has 0 saturated carbocycles. The van der Waals surface area contributed by atoms with Gasteiger partial charge in [-0.3, -0.25) is 4.79 Å². The molecule has 2 aromatic carbocycles. The molecular formula is C20H20BrN3O. The second kappa shape index (κ2) is 5.99. The molecular weight excluding hydrogens is 378 g/mol. The lowest BCUT2D eigenvalue weighted by Gasteiger charge is -2.23. The van der Waals surface area contributed by atoms with Crippen LogP contribution in [0.3, 0.4) is 0 Å². The van der Waals surface area contributed by atoms with Crippen molar-refractivity contribution >= 4 is 38.6 Å². The van der Waals surface area contributed by atoms with Gasteiger partial charge in [-0.1, -0.05) is 22.9 Å². The Balaban J connectivity index is 1.75. The molecule has 128 valence electrons. The summed E-state index contributed by atoms with van der Waals surface area (Å²) < 4.78 is 3.14. The number of hydrogen-bond acceptors (Lipinski definition) is 2. The summed E-state index contributed by atoms with van der Waals surface area (Å²) in [5.74, 6) is 1.07. The summed E-state index contributed by atoms with van der Waals surface area (Å²) in [4.78, 5) is 19.8. The van der Waals surface area contributed by atoms with Crippen molar-refractivity contribution in [1.82, 2.24) is 9.55 Å². The molecule has 0 N–H and O–H groups in total. The van der Waals surface area contributed by atoms with E-state index < -0.39 is 0 Å². The molecule has 4 rings (SSSR count). The predicted octanol–water partition coefficient (Wildman–Crippen LogP) is 4.49. The Hall–Kier alpha value is -2.14. The Kier molecular flexibility index (Phi) is 3.91. The summed E-state index contributed by atoms with van der Waals surface area (Å²) in [7, 11) is 2.02. The van der Waals surface area contributed by atoms with Crippen LogP contribution in [0.4, 0.5) is 5.69 Å². The number of aryl methyl sites for hydroxylation is 2. The van der Waals surface area contributed by atoms with Crippen LogP contribution in [0, 0.1) is 0 Å².